The molecule has 4 rings (SSSR count). The van der Waals surface area contributed by atoms with Crippen LogP contribution in [0, 0.1) is 0 Å². The molecule has 178 valence electrons. The van der Waals surface area contributed by atoms with Crippen LogP contribution in [0.25, 0.3) is 0 Å². The van der Waals surface area contributed by atoms with E-state index in [0.29, 0.717) is 25.2 Å². The molecule has 3 aromatic rings. The number of nitrogens with zero attached hydrogens (tertiary/aromatic N) is 1. The zero-order chi connectivity index (χ0) is 24.1. The van der Waals surface area contributed by atoms with Gasteiger partial charge in [-0.15, -0.1) is 0 Å². The number of benzene rings is 3. The molecule has 3 aromatic carbocycles. The van der Waals surface area contributed by atoms with Gasteiger partial charge in [0.25, 0.3) is 0 Å². The number of alkyl halides is 1. The van der Waals surface area contributed by atoms with Crippen LogP contribution >= 0.6 is 22.6 Å². The molecule has 1 heterocycles. The predicted molar refractivity (Wildman–Crippen MR) is 146 cm³/mol. The van der Waals surface area contributed by atoms with E-state index in [-0.39, 0.29) is 10.8 Å². The minimum atomic E-state index is -3.63. The summed E-state index contributed by atoms with van der Waals surface area (Å²) in [4.78, 5) is 13.7. The molecule has 8 heteroatoms. The van der Waals surface area contributed by atoms with Crippen LogP contribution in [-0.4, -0.2) is 27.4 Å². The first-order valence-electron chi connectivity index (χ1n) is 11.3. The summed E-state index contributed by atoms with van der Waals surface area (Å²) in [7, 11) is -3.63. The van der Waals surface area contributed by atoms with Crippen LogP contribution in [0.3, 0.4) is 0 Å². The Bertz CT molecular complexity index is 1280. The molecule has 1 amide bonds. The molecule has 1 aliphatic heterocycles. The molecule has 0 saturated carbocycles. The van der Waals surface area contributed by atoms with Crippen molar-refractivity contribution in [3.8, 4) is 0 Å². The molecule has 0 spiro atoms. The molecular formula is C26H28IN3O3S. The second-order valence-corrected chi connectivity index (χ2v) is 10.9. The second-order valence-electron chi connectivity index (χ2n) is 8.33. The highest BCUT2D eigenvalue weighted by Gasteiger charge is 2.21. The monoisotopic (exact) mass is 589 g/mol. The van der Waals surface area contributed by atoms with Crippen LogP contribution in [0.15, 0.2) is 71.6 Å². The molecule has 0 saturated heterocycles. The largest absolute Gasteiger partial charge is 0.341 e. The molecule has 2 N–H and O–H groups in total. The molecular weight excluding hydrogens is 561 g/mol. The van der Waals surface area contributed by atoms with Gasteiger partial charge in [0.2, 0.25) is 15.9 Å². The molecule has 0 aliphatic carbocycles. The number of carbonyl (C=O) groups is 1. The lowest BCUT2D eigenvalue weighted by Crippen LogP contribution is -2.28. The molecule has 0 atom stereocenters. The summed E-state index contributed by atoms with van der Waals surface area (Å²) in [5, 5.41) is 2.64. The van der Waals surface area contributed by atoms with E-state index in [0.717, 1.165) is 17.3 Å². The van der Waals surface area contributed by atoms with Crippen molar-refractivity contribution in [1.82, 2.24) is 4.72 Å². The van der Waals surface area contributed by atoms with Crippen molar-refractivity contribution in [1.29, 1.82) is 0 Å². The summed E-state index contributed by atoms with van der Waals surface area (Å²) in [5.74, 6) is -0.198. The molecule has 1 aliphatic rings. The zero-order valence-corrected chi connectivity index (χ0v) is 22.0. The number of rotatable bonds is 8. The Morgan fingerprint density at radius 1 is 0.971 bits per heavy atom. The van der Waals surface area contributed by atoms with Gasteiger partial charge in [-0.1, -0.05) is 52.9 Å². The van der Waals surface area contributed by atoms with Gasteiger partial charge in [0.15, 0.2) is 0 Å². The number of sulfonamides is 1. The molecule has 0 unspecified atom stereocenters. The number of hydrogen-bond donors (Lipinski definition) is 2. The van der Waals surface area contributed by atoms with E-state index >= 15 is 0 Å². The maximum atomic E-state index is 12.7. The summed E-state index contributed by atoms with van der Waals surface area (Å²) in [6.07, 6.45) is 2.64. The standard InChI is InChI=1S/C26H28IN3O3S/c1-19(31)29-23-11-13-24(14-12-23)34(32,33)28-15-4-16-30-25-6-3-2-5-21(25)9-10-22-8-7-20(18-27)17-26(22)30/h2-3,5-8,11-14,17,28H,4,9-10,15-16,18H2,1H3,(H,29,31). The fourth-order valence-electron chi connectivity index (χ4n) is 4.23. The topological polar surface area (TPSA) is 78.5 Å². The van der Waals surface area contributed by atoms with Crippen LogP contribution in [0.2, 0.25) is 0 Å². The summed E-state index contributed by atoms with van der Waals surface area (Å²) in [6.45, 7) is 2.45. The Kier molecular flexibility index (Phi) is 7.90. The van der Waals surface area contributed by atoms with Crippen molar-refractivity contribution >= 4 is 55.6 Å². The van der Waals surface area contributed by atoms with E-state index in [1.807, 2.05) is 0 Å². The number of aryl methyl sites for hydroxylation is 2. The fraction of sp³-hybridized carbons (Fsp3) is 0.269. The van der Waals surface area contributed by atoms with Crippen LogP contribution < -0.4 is 14.9 Å². The van der Waals surface area contributed by atoms with Crippen molar-refractivity contribution in [3.63, 3.8) is 0 Å². The number of para-hydroxylation sites is 1. The molecule has 0 bridgehead atoms. The van der Waals surface area contributed by atoms with Crippen molar-refractivity contribution in [3.05, 3.63) is 83.4 Å². The minimum absolute atomic E-state index is 0.179. The average Bonchev–Trinajstić information content (AvgIpc) is 2.98. The minimum Gasteiger partial charge on any atom is -0.341 e. The van der Waals surface area contributed by atoms with Crippen LogP contribution in [0.1, 0.15) is 30.0 Å². The lowest BCUT2D eigenvalue weighted by molar-refractivity contribution is -0.114. The number of carbonyl (C=O) groups excluding carboxylic acids is 1. The van der Waals surface area contributed by atoms with Gasteiger partial charge in [-0.3, -0.25) is 4.79 Å². The van der Waals surface area contributed by atoms with Crippen molar-refractivity contribution in [2.75, 3.05) is 23.3 Å². The predicted octanol–water partition coefficient (Wildman–Crippen LogP) is 5.19. The van der Waals surface area contributed by atoms with E-state index in [1.165, 1.54) is 47.1 Å². The van der Waals surface area contributed by atoms with Gasteiger partial charge >= 0.3 is 0 Å². The molecule has 6 nitrogen and oxygen atoms in total. The zero-order valence-electron chi connectivity index (χ0n) is 19.1. The van der Waals surface area contributed by atoms with E-state index in [4.69, 9.17) is 0 Å². The maximum Gasteiger partial charge on any atom is 0.240 e. The summed E-state index contributed by atoms with van der Waals surface area (Å²) in [6, 6.07) is 21.4. The third-order valence-corrected chi connectivity index (χ3v) is 8.23. The van der Waals surface area contributed by atoms with Gasteiger partial charge in [0.05, 0.1) is 4.90 Å². The highest BCUT2D eigenvalue weighted by atomic mass is 127. The first-order valence-corrected chi connectivity index (χ1v) is 14.3. The van der Waals surface area contributed by atoms with Gasteiger partial charge < -0.3 is 10.2 Å². The lowest BCUT2D eigenvalue weighted by Gasteiger charge is -2.27. The highest BCUT2D eigenvalue weighted by Crippen LogP contribution is 2.37. The van der Waals surface area contributed by atoms with Crippen molar-refractivity contribution in [2.45, 2.75) is 35.5 Å². The number of nitrogens with one attached hydrogen (secondary N) is 2. The molecule has 0 radical (unpaired) electrons. The maximum absolute atomic E-state index is 12.7. The number of hydrogen-bond acceptors (Lipinski definition) is 4. The smallest absolute Gasteiger partial charge is 0.240 e. The Balaban J connectivity index is 1.47. The Morgan fingerprint density at radius 3 is 2.38 bits per heavy atom. The first kappa shape index (κ1) is 24.7. The Morgan fingerprint density at radius 2 is 1.68 bits per heavy atom. The third kappa shape index (κ3) is 5.79. The van der Waals surface area contributed by atoms with Crippen LogP contribution in [0.4, 0.5) is 17.1 Å². The quantitative estimate of drug-likeness (QED) is 0.216. The number of anilines is 3. The van der Waals surface area contributed by atoms with E-state index in [9.17, 15) is 13.2 Å². The van der Waals surface area contributed by atoms with Gasteiger partial charge in [0, 0.05) is 41.5 Å². The molecule has 0 fully saturated rings. The third-order valence-electron chi connectivity index (χ3n) is 5.88. The number of fused-ring (bicyclic) bond motifs is 2. The van der Waals surface area contributed by atoms with E-state index in [1.54, 1.807) is 12.1 Å². The van der Waals surface area contributed by atoms with Crippen molar-refractivity contribution < 1.29 is 13.2 Å². The van der Waals surface area contributed by atoms with Gasteiger partial charge in [0.1, 0.15) is 0 Å². The van der Waals surface area contributed by atoms with Gasteiger partial charge in [-0.2, -0.15) is 0 Å². The Hall–Kier alpha value is -2.43. The van der Waals surface area contributed by atoms with E-state index in [2.05, 4.69) is 80.0 Å². The SMILES string of the molecule is CC(=O)Nc1ccc(S(=O)(=O)NCCCN2c3ccccc3CCc3ccc(CI)cc32)cc1. The van der Waals surface area contributed by atoms with Gasteiger partial charge in [-0.25, -0.2) is 13.1 Å². The summed E-state index contributed by atoms with van der Waals surface area (Å²) >= 11 is 2.39. The fourth-order valence-corrected chi connectivity index (χ4v) is 5.78. The van der Waals surface area contributed by atoms with E-state index < -0.39 is 10.0 Å². The first-order chi connectivity index (χ1) is 16.4. The van der Waals surface area contributed by atoms with Crippen molar-refractivity contribution in [2.24, 2.45) is 0 Å². The summed E-state index contributed by atoms with van der Waals surface area (Å²) < 4.78 is 29.1. The van der Waals surface area contributed by atoms with Crippen LogP contribution in [0.5, 0.6) is 0 Å². The van der Waals surface area contributed by atoms with Gasteiger partial charge in [-0.05, 0) is 72.4 Å². The number of halogens is 1. The summed E-state index contributed by atoms with van der Waals surface area (Å²) in [5.41, 5.74) is 6.90. The lowest BCUT2D eigenvalue weighted by atomic mass is 10.0. The second kappa shape index (κ2) is 10.9. The highest BCUT2D eigenvalue weighted by molar-refractivity contribution is 14.1. The normalized spacial score (nSPS) is 13.1. The molecule has 34 heavy (non-hydrogen) atoms. The Labute approximate surface area is 215 Å². The van der Waals surface area contributed by atoms with Crippen LogP contribution in [-0.2, 0) is 32.1 Å². The number of amides is 1. The average molecular weight is 589 g/mol. The molecule has 0 aromatic heterocycles.